The van der Waals surface area contributed by atoms with Gasteiger partial charge in [-0.15, -0.1) is 17.8 Å². The summed E-state index contributed by atoms with van der Waals surface area (Å²) in [6.45, 7) is 25.6. The molecule has 0 bridgehead atoms. The minimum atomic E-state index is -0.679. The third kappa shape index (κ3) is 33.8. The summed E-state index contributed by atoms with van der Waals surface area (Å²) in [6.07, 6.45) is 9.20. The molecule has 14 rings (SSSR count). The van der Waals surface area contributed by atoms with E-state index in [0.29, 0.717) is 38.4 Å². The molecule has 11 aromatic carbocycles. The van der Waals surface area contributed by atoms with Crippen LogP contribution in [0.5, 0.6) is 5.75 Å². The van der Waals surface area contributed by atoms with Crippen molar-refractivity contribution in [3.05, 3.63) is 397 Å². The normalized spacial score (nSPS) is 9.83. The summed E-state index contributed by atoms with van der Waals surface area (Å²) >= 11 is 55.6. The molecule has 0 aliphatic rings. The van der Waals surface area contributed by atoms with Gasteiger partial charge in [-0.05, 0) is 266 Å². The molecular weight excluding hydrogens is 1730 g/mol. The summed E-state index contributed by atoms with van der Waals surface area (Å²) in [7, 11) is 5.71. The summed E-state index contributed by atoms with van der Waals surface area (Å²) < 4.78 is 99.8. The highest BCUT2D eigenvalue weighted by molar-refractivity contribution is 9.10. The molecule has 0 atom stereocenters. The van der Waals surface area contributed by atoms with Crippen LogP contribution in [0.4, 0.5) is 30.7 Å². The smallest absolute Gasteiger partial charge is 0.147 e. The topological polar surface area (TPSA) is 19.1 Å². The minimum absolute atomic E-state index is 0.0347. The van der Waals surface area contributed by atoms with Gasteiger partial charge in [-0.1, -0.05) is 242 Å². The summed E-state index contributed by atoms with van der Waals surface area (Å²) in [6, 6.07) is 62.2. The number of thiophene rings is 1. The molecule has 0 saturated carbocycles. The van der Waals surface area contributed by atoms with E-state index < -0.39 is 11.6 Å². The van der Waals surface area contributed by atoms with E-state index in [-0.39, 0.29) is 54.7 Å². The van der Waals surface area contributed by atoms with E-state index in [0.717, 1.165) is 63.3 Å². The van der Waals surface area contributed by atoms with E-state index in [2.05, 4.69) is 87.6 Å². The fourth-order valence-electron chi connectivity index (χ4n) is 9.39. The number of halogens is 17. The number of nitrogens with zero attached hydrogens (tertiary/aromatic N) is 2. The van der Waals surface area contributed by atoms with Crippen molar-refractivity contribution in [3.8, 4) is 18.1 Å². The number of aryl methyl sites for hydroxylation is 15. The molecule has 0 aliphatic carbocycles. The lowest BCUT2D eigenvalue weighted by Gasteiger charge is -2.04. The Bertz CT molecular complexity index is 5050. The van der Waals surface area contributed by atoms with Gasteiger partial charge in [0.15, 0.2) is 0 Å². The van der Waals surface area contributed by atoms with Crippen LogP contribution in [-0.4, -0.2) is 16.2 Å². The number of benzene rings is 11. The third-order valence-electron chi connectivity index (χ3n) is 16.3. The number of aromatic nitrogens is 2. The van der Waals surface area contributed by atoms with Crippen molar-refractivity contribution < 1.29 is 35.5 Å². The Morgan fingerprint density at radius 3 is 1.28 bits per heavy atom. The van der Waals surface area contributed by atoms with Crippen molar-refractivity contribution in [3.63, 3.8) is 0 Å². The highest BCUT2D eigenvalue weighted by Gasteiger charge is 2.09. The first-order chi connectivity index (χ1) is 53.7. The highest BCUT2D eigenvalue weighted by Crippen LogP contribution is 2.29. The van der Waals surface area contributed by atoms with Crippen molar-refractivity contribution in [1.29, 1.82) is 0 Å². The van der Waals surface area contributed by atoms with Crippen LogP contribution in [0.3, 0.4) is 0 Å². The standard InChI is InChI=1S/C10H11N.C9H8ClN.C9H7F.2C8H8ClF.C8H9ClO.C8H9Cl.C7H6BrF.C7H5ClF2.C7H6ClF.C7H7Cl.C5H5ClS/c1-8-7-11(2)10-6-4-3-5-9(8)10;1-11-6-5-7-8(10)3-2-4-9(7)11;1-3-8-6-4-5-7(2)9(8)10;2*1-5-3-4-6(2)8(10)7(5)9;1-6-4-3-5-7(9)8(6)10-2;1-6-3-4-7(2)8(9)5-6;1-5-2-3-6(8)4-7(5)9;1-4-6(9)3-2-5(8)7(4)10;1-5-3-2-4-6(8)7(5)9;1-6-3-2-4-7(8)5-6;1-4-2-3-7-5(4)6/h3-7H,1-2H3;2-6H,1H3;1,4-6H,2H3;2*3-4H,1-2H3;3-5H,1-2H3;3-5H,1-2H3;2-4H,1H3;2-3H,1H3;2-4H,1H3;2-5H,1H3;2-3H,1H3. The van der Waals surface area contributed by atoms with Crippen molar-refractivity contribution in [2.45, 2.75) is 96.9 Å². The number of hydrogen-bond acceptors (Lipinski definition) is 2. The molecule has 602 valence electrons. The Balaban J connectivity index is 0.000000322. The molecule has 0 fully saturated rings. The first-order valence-electron chi connectivity index (χ1n) is 34.8. The summed E-state index contributed by atoms with van der Waals surface area (Å²) in [5.74, 6) is 0.404. The third-order valence-corrected chi connectivity index (χ3v) is 20.9. The van der Waals surface area contributed by atoms with Crippen LogP contribution in [0, 0.1) is 150 Å². The molecule has 3 heterocycles. The molecule has 0 spiro atoms. The molecule has 0 N–H and O–H groups in total. The zero-order chi connectivity index (χ0) is 85.8. The van der Waals surface area contributed by atoms with E-state index in [1.54, 1.807) is 128 Å². The Kier molecular flexibility index (Phi) is 45.1. The molecule has 3 aromatic heterocycles. The summed E-state index contributed by atoms with van der Waals surface area (Å²) in [5, 5.41) is 8.24. The average molecular weight is 1810 g/mol. The number of ether oxygens (including phenoxy) is 1. The van der Waals surface area contributed by atoms with E-state index in [1.165, 1.54) is 63.8 Å². The van der Waals surface area contributed by atoms with E-state index in [4.69, 9.17) is 116 Å². The van der Waals surface area contributed by atoms with Crippen LogP contribution >= 0.6 is 132 Å². The maximum absolute atomic E-state index is 12.9. The molecule has 3 nitrogen and oxygen atoms in total. The van der Waals surface area contributed by atoms with Gasteiger partial charge in [0, 0.05) is 73.4 Å². The molecule has 0 unspecified atom stereocenters. The fraction of sp³-hybridized carbons (Fsp3) is 0.183. The molecule has 0 radical (unpaired) electrons. The van der Waals surface area contributed by atoms with Gasteiger partial charge in [0.25, 0.3) is 0 Å². The van der Waals surface area contributed by atoms with Gasteiger partial charge in [-0.3, -0.25) is 0 Å². The van der Waals surface area contributed by atoms with E-state index in [1.807, 2.05) is 138 Å². The molecule has 21 heteroatoms. The van der Waals surface area contributed by atoms with Gasteiger partial charge in [0.05, 0.1) is 42.1 Å². The second kappa shape index (κ2) is 51.3. The van der Waals surface area contributed by atoms with Crippen molar-refractivity contribution >= 4 is 153 Å². The number of methoxy groups -OCH3 is 1. The van der Waals surface area contributed by atoms with Gasteiger partial charge in [0.2, 0.25) is 0 Å². The van der Waals surface area contributed by atoms with Crippen LogP contribution in [0.1, 0.15) is 83.5 Å². The number of hydrogen-bond donors (Lipinski definition) is 0. The number of fused-ring (bicyclic) bond motifs is 2. The highest BCUT2D eigenvalue weighted by atomic mass is 79.9. The summed E-state index contributed by atoms with van der Waals surface area (Å²) in [4.78, 5) is 0. The monoisotopic (exact) mass is 1810 g/mol. The molecule has 14 aromatic rings. The predicted molar refractivity (Wildman–Crippen MR) is 481 cm³/mol. The van der Waals surface area contributed by atoms with Crippen LogP contribution < -0.4 is 4.74 Å². The zero-order valence-electron chi connectivity index (χ0n) is 66.1. The molecular formula is C93H89BrCl9F7N2OS. The average Bonchev–Trinajstić information content (AvgIpc) is 1.68. The largest absolute Gasteiger partial charge is 0.495 e. The van der Waals surface area contributed by atoms with Crippen LogP contribution in [0.25, 0.3) is 21.8 Å². The number of terminal acetylenes is 1. The quantitative estimate of drug-likeness (QED) is 0.0911. The zero-order valence-corrected chi connectivity index (χ0v) is 75.3. The lowest BCUT2D eigenvalue weighted by molar-refractivity contribution is 0.412. The van der Waals surface area contributed by atoms with Gasteiger partial charge in [0.1, 0.15) is 46.5 Å². The lowest BCUT2D eigenvalue weighted by Crippen LogP contribution is -1.87. The van der Waals surface area contributed by atoms with Gasteiger partial charge in [-0.2, -0.15) is 0 Å². The first-order valence-corrected chi connectivity index (χ1v) is 39.9. The second-order valence-corrected chi connectivity index (χ2v) is 31.2. The molecule has 0 saturated heterocycles. The van der Waals surface area contributed by atoms with Crippen LogP contribution in [0.15, 0.2) is 229 Å². The van der Waals surface area contributed by atoms with Gasteiger partial charge >= 0.3 is 0 Å². The SMILES string of the molecule is C#Cc1cccc(C)c1F.COc1c(C)cccc1Cl.Cc1c(F)ccc(Cl)c1F.Cc1ccc(Br)cc1F.Cc1ccc(C)c(Cl)c1.Cc1ccc(C)c(Cl)c1F.Cc1ccc(C)c(Cl)c1F.Cc1cccc(Cl)c1.Cc1cccc(Cl)c1F.Cc1ccsc1Cl.Cc1cn(C)c2ccccc12.Cn1ccc2c(Cl)cccc21. The Labute approximate surface area is 725 Å². The Morgan fingerprint density at radius 2 is 0.851 bits per heavy atom. The number of rotatable bonds is 1. The second-order valence-electron chi connectivity index (χ2n) is 25.5. The van der Waals surface area contributed by atoms with Crippen LogP contribution in [-0.2, 0) is 14.1 Å². The van der Waals surface area contributed by atoms with Crippen molar-refractivity contribution in [2.24, 2.45) is 14.1 Å². The predicted octanol–water partition coefficient (Wildman–Crippen LogP) is 33.2. The maximum Gasteiger partial charge on any atom is 0.147 e. The minimum Gasteiger partial charge on any atom is -0.495 e. The van der Waals surface area contributed by atoms with E-state index >= 15 is 0 Å². The van der Waals surface area contributed by atoms with Gasteiger partial charge in [-0.25, -0.2) is 30.7 Å². The van der Waals surface area contributed by atoms with Gasteiger partial charge < -0.3 is 13.9 Å². The fourth-order valence-corrected chi connectivity index (χ4v) is 12.5. The van der Waals surface area contributed by atoms with Crippen molar-refractivity contribution in [2.75, 3.05) is 7.11 Å². The van der Waals surface area contributed by atoms with Crippen molar-refractivity contribution in [1.82, 2.24) is 9.13 Å². The molecule has 0 aliphatic heterocycles. The van der Waals surface area contributed by atoms with Crippen LogP contribution in [0.2, 0.25) is 44.5 Å². The first kappa shape index (κ1) is 100. The molecule has 0 amide bonds. The maximum atomic E-state index is 12.9. The molecule has 114 heavy (non-hydrogen) atoms. The summed E-state index contributed by atoms with van der Waals surface area (Å²) in [5.41, 5.74) is 14.5. The van der Waals surface area contributed by atoms with E-state index in [9.17, 15) is 30.7 Å². The Morgan fingerprint density at radius 1 is 0.368 bits per heavy atom. The Hall–Kier alpha value is -7.84. The number of para-hydroxylation sites is 2. The lowest BCUT2D eigenvalue weighted by atomic mass is 10.1.